The summed E-state index contributed by atoms with van der Waals surface area (Å²) in [6.45, 7) is 1.91. The average Bonchev–Trinajstić information content (AvgIpc) is 2.63. The molecule has 18 heavy (non-hydrogen) atoms. The lowest BCUT2D eigenvalue weighted by atomic mass is 10.1. The average molecular weight is 241 g/mol. The zero-order valence-electron chi connectivity index (χ0n) is 9.70. The van der Waals surface area contributed by atoms with Crippen molar-refractivity contribution in [2.24, 2.45) is 0 Å². The minimum atomic E-state index is -0.498. The fraction of sp³-hybridized carbons (Fsp3) is 0.0769. The Labute approximate surface area is 102 Å². The van der Waals surface area contributed by atoms with Crippen LogP contribution in [0.1, 0.15) is 5.69 Å². The minimum absolute atomic E-state index is 0.404. The number of H-pyrrole nitrogens is 3. The summed E-state index contributed by atoms with van der Waals surface area (Å²) in [5, 5.41) is 0.983. The van der Waals surface area contributed by atoms with Gasteiger partial charge in [0, 0.05) is 28.2 Å². The van der Waals surface area contributed by atoms with Crippen LogP contribution in [0.3, 0.4) is 0 Å². The SMILES string of the molecule is Cc1[nH]c2ccccc2c1-c1cc(=O)[nH]c(=O)[nH]1. The summed E-state index contributed by atoms with van der Waals surface area (Å²) in [6, 6.07) is 9.15. The van der Waals surface area contributed by atoms with Gasteiger partial charge in [-0.1, -0.05) is 18.2 Å². The van der Waals surface area contributed by atoms with Gasteiger partial charge >= 0.3 is 5.69 Å². The van der Waals surface area contributed by atoms with Gasteiger partial charge in [0.15, 0.2) is 0 Å². The number of para-hydroxylation sites is 1. The van der Waals surface area contributed by atoms with Crippen LogP contribution in [0.5, 0.6) is 0 Å². The van der Waals surface area contributed by atoms with E-state index in [1.165, 1.54) is 6.07 Å². The van der Waals surface area contributed by atoms with Crippen molar-refractivity contribution in [3.05, 3.63) is 56.9 Å². The van der Waals surface area contributed by atoms with Gasteiger partial charge in [-0.3, -0.25) is 9.78 Å². The van der Waals surface area contributed by atoms with Gasteiger partial charge in [-0.2, -0.15) is 0 Å². The lowest BCUT2D eigenvalue weighted by Gasteiger charge is -2.00. The van der Waals surface area contributed by atoms with Crippen LogP contribution in [0.4, 0.5) is 0 Å². The van der Waals surface area contributed by atoms with Gasteiger partial charge in [-0.05, 0) is 13.0 Å². The first-order valence-corrected chi connectivity index (χ1v) is 5.56. The van der Waals surface area contributed by atoms with Gasteiger partial charge in [0.25, 0.3) is 5.56 Å². The zero-order chi connectivity index (χ0) is 12.7. The number of rotatable bonds is 1. The first-order valence-electron chi connectivity index (χ1n) is 5.56. The molecule has 3 aromatic rings. The van der Waals surface area contributed by atoms with Crippen molar-refractivity contribution >= 4 is 10.9 Å². The number of aromatic amines is 3. The normalized spacial score (nSPS) is 10.9. The van der Waals surface area contributed by atoms with E-state index in [2.05, 4.69) is 15.0 Å². The van der Waals surface area contributed by atoms with Crippen molar-refractivity contribution in [2.45, 2.75) is 6.92 Å². The highest BCUT2D eigenvalue weighted by Gasteiger charge is 2.11. The molecule has 2 heterocycles. The summed E-state index contributed by atoms with van der Waals surface area (Å²) in [4.78, 5) is 30.7. The fourth-order valence-corrected chi connectivity index (χ4v) is 2.23. The van der Waals surface area contributed by atoms with Crippen LogP contribution in [0.2, 0.25) is 0 Å². The van der Waals surface area contributed by atoms with Crippen LogP contribution in [-0.4, -0.2) is 15.0 Å². The third-order valence-electron chi connectivity index (χ3n) is 2.92. The van der Waals surface area contributed by atoms with E-state index in [9.17, 15) is 9.59 Å². The Hall–Kier alpha value is -2.56. The first kappa shape index (κ1) is 10.6. The molecule has 0 spiro atoms. The molecule has 0 aliphatic heterocycles. The highest BCUT2D eigenvalue weighted by Crippen LogP contribution is 2.29. The summed E-state index contributed by atoms with van der Waals surface area (Å²) in [6.07, 6.45) is 0. The molecule has 5 heteroatoms. The number of nitrogens with one attached hydrogen (secondary N) is 3. The predicted octanol–water partition coefficient (Wildman–Crippen LogP) is 1.52. The maximum absolute atomic E-state index is 11.4. The molecule has 90 valence electrons. The second kappa shape index (κ2) is 3.73. The van der Waals surface area contributed by atoms with Crippen LogP contribution in [0, 0.1) is 6.92 Å². The van der Waals surface area contributed by atoms with Crippen LogP contribution in [0.15, 0.2) is 39.9 Å². The van der Waals surface area contributed by atoms with E-state index in [4.69, 9.17) is 0 Å². The molecular weight excluding hydrogens is 230 g/mol. The molecule has 0 fully saturated rings. The van der Waals surface area contributed by atoms with Crippen LogP contribution >= 0.6 is 0 Å². The highest BCUT2D eigenvalue weighted by molar-refractivity contribution is 5.96. The van der Waals surface area contributed by atoms with Crippen molar-refractivity contribution in [2.75, 3.05) is 0 Å². The number of hydrogen-bond donors (Lipinski definition) is 3. The maximum Gasteiger partial charge on any atom is 0.326 e. The van der Waals surface area contributed by atoms with Crippen molar-refractivity contribution in [3.8, 4) is 11.3 Å². The highest BCUT2D eigenvalue weighted by atomic mass is 16.2. The van der Waals surface area contributed by atoms with E-state index in [0.29, 0.717) is 5.69 Å². The van der Waals surface area contributed by atoms with Gasteiger partial charge in [0.1, 0.15) is 0 Å². The van der Waals surface area contributed by atoms with Gasteiger partial charge < -0.3 is 9.97 Å². The standard InChI is InChI=1S/C13H11N3O2/c1-7-12(8-4-2-3-5-9(8)14-7)10-6-11(17)16-13(18)15-10/h2-6,14H,1H3,(H2,15,16,17,18). The molecule has 0 aliphatic carbocycles. The molecule has 1 aromatic carbocycles. The first-order chi connectivity index (χ1) is 8.65. The molecule has 0 radical (unpaired) electrons. The number of aromatic nitrogens is 3. The quantitative estimate of drug-likeness (QED) is 0.603. The molecular formula is C13H11N3O2. The number of hydrogen-bond acceptors (Lipinski definition) is 2. The molecule has 0 amide bonds. The van der Waals surface area contributed by atoms with Crippen LogP contribution < -0.4 is 11.2 Å². The van der Waals surface area contributed by atoms with Crippen LogP contribution in [-0.2, 0) is 0 Å². The molecule has 3 N–H and O–H groups in total. The van der Waals surface area contributed by atoms with E-state index in [1.54, 1.807) is 0 Å². The third-order valence-corrected chi connectivity index (χ3v) is 2.92. The van der Waals surface area contributed by atoms with Crippen molar-refractivity contribution < 1.29 is 0 Å². The molecule has 0 saturated carbocycles. The zero-order valence-corrected chi connectivity index (χ0v) is 9.70. The van der Waals surface area contributed by atoms with E-state index < -0.39 is 11.2 Å². The van der Waals surface area contributed by atoms with Crippen LogP contribution in [0.25, 0.3) is 22.2 Å². The van der Waals surface area contributed by atoms with Gasteiger partial charge in [0.2, 0.25) is 0 Å². The van der Waals surface area contributed by atoms with Gasteiger partial charge in [-0.25, -0.2) is 4.79 Å². The molecule has 0 unspecified atom stereocenters. The molecule has 0 atom stereocenters. The summed E-state index contributed by atoms with van der Waals surface area (Å²) < 4.78 is 0. The minimum Gasteiger partial charge on any atom is -0.358 e. The Morgan fingerprint density at radius 3 is 2.56 bits per heavy atom. The Balaban J connectivity index is 2.41. The largest absolute Gasteiger partial charge is 0.358 e. The Morgan fingerprint density at radius 1 is 1.00 bits per heavy atom. The molecule has 3 rings (SSSR count). The third kappa shape index (κ3) is 1.57. The number of fused-ring (bicyclic) bond motifs is 1. The fourth-order valence-electron chi connectivity index (χ4n) is 2.23. The summed E-state index contributed by atoms with van der Waals surface area (Å²) in [5.41, 5.74) is 2.37. The maximum atomic E-state index is 11.4. The Morgan fingerprint density at radius 2 is 1.78 bits per heavy atom. The summed E-state index contributed by atoms with van der Waals surface area (Å²) in [7, 11) is 0. The van der Waals surface area contributed by atoms with Crippen molar-refractivity contribution in [1.29, 1.82) is 0 Å². The number of benzene rings is 1. The second-order valence-corrected chi connectivity index (χ2v) is 4.17. The van der Waals surface area contributed by atoms with Crippen molar-refractivity contribution in [3.63, 3.8) is 0 Å². The smallest absolute Gasteiger partial charge is 0.326 e. The molecule has 0 bridgehead atoms. The Kier molecular flexibility index (Phi) is 2.19. The van der Waals surface area contributed by atoms with E-state index in [0.717, 1.165) is 22.2 Å². The lowest BCUT2D eigenvalue weighted by Crippen LogP contribution is -2.21. The summed E-state index contributed by atoms with van der Waals surface area (Å²) in [5.74, 6) is 0. The second-order valence-electron chi connectivity index (χ2n) is 4.17. The molecule has 2 aromatic heterocycles. The lowest BCUT2D eigenvalue weighted by molar-refractivity contribution is 1.04. The topological polar surface area (TPSA) is 81.5 Å². The van der Waals surface area contributed by atoms with E-state index >= 15 is 0 Å². The number of aryl methyl sites for hydroxylation is 1. The van der Waals surface area contributed by atoms with Gasteiger partial charge in [-0.15, -0.1) is 0 Å². The van der Waals surface area contributed by atoms with E-state index in [1.807, 2.05) is 31.2 Å². The van der Waals surface area contributed by atoms with Crippen molar-refractivity contribution in [1.82, 2.24) is 15.0 Å². The van der Waals surface area contributed by atoms with Gasteiger partial charge in [0.05, 0.1) is 5.69 Å². The molecule has 0 aliphatic rings. The van der Waals surface area contributed by atoms with E-state index in [-0.39, 0.29) is 0 Å². The molecule has 0 saturated heterocycles. The molecule has 5 nitrogen and oxygen atoms in total. The Bertz CT molecular complexity index is 811. The predicted molar refractivity (Wildman–Crippen MR) is 69.7 cm³/mol. The monoisotopic (exact) mass is 241 g/mol. The summed E-state index contributed by atoms with van der Waals surface area (Å²) >= 11 is 0.